The maximum absolute atomic E-state index is 14.8. The number of piperidine rings is 2. The molecule has 1 amide bonds. The van der Waals surface area contributed by atoms with Crippen LogP contribution in [0.25, 0.3) is 0 Å². The molecule has 0 spiro atoms. The van der Waals surface area contributed by atoms with Gasteiger partial charge in [0.15, 0.2) is 6.30 Å². The van der Waals surface area contributed by atoms with Gasteiger partial charge in [0.2, 0.25) is 10.0 Å². The molecule has 4 atom stereocenters. The summed E-state index contributed by atoms with van der Waals surface area (Å²) < 4.78 is 100. The van der Waals surface area contributed by atoms with Crippen LogP contribution in [0.3, 0.4) is 0 Å². The molecule has 1 aromatic rings. The molecule has 0 unspecified atom stereocenters. The standard InChI is InChI=1S/C22H27ClF5N3O4S/c1-36(33,34)29-21(32)16-8-15(12-4-5-12)19(9-18(16)24)35-14-3-2-6-30(11-14)31-10-13(22(26,27)28)7-17(23)20(31)25/h8-9,12-14,17,20H,2-7,10-11H2,1H3,(H,29,32)/t13-,14-,17-,20+/m1/s1. The van der Waals surface area contributed by atoms with Gasteiger partial charge in [-0.25, -0.2) is 31.9 Å². The van der Waals surface area contributed by atoms with Gasteiger partial charge in [0.05, 0.1) is 29.7 Å². The van der Waals surface area contributed by atoms with Crippen molar-refractivity contribution in [3.63, 3.8) is 0 Å². The van der Waals surface area contributed by atoms with E-state index in [0.29, 0.717) is 24.9 Å². The summed E-state index contributed by atoms with van der Waals surface area (Å²) in [6.07, 6.45) is -4.00. The van der Waals surface area contributed by atoms with Crippen LogP contribution >= 0.6 is 11.6 Å². The minimum atomic E-state index is -4.50. The van der Waals surface area contributed by atoms with Gasteiger partial charge in [0.25, 0.3) is 5.91 Å². The molecular weight excluding hydrogens is 533 g/mol. The van der Waals surface area contributed by atoms with Crippen molar-refractivity contribution in [2.24, 2.45) is 5.92 Å². The quantitative estimate of drug-likeness (QED) is 0.323. The van der Waals surface area contributed by atoms with Gasteiger partial charge in [-0.2, -0.15) is 13.2 Å². The molecule has 2 heterocycles. The highest BCUT2D eigenvalue weighted by molar-refractivity contribution is 7.89. The van der Waals surface area contributed by atoms with Gasteiger partial charge in [-0.15, -0.1) is 11.6 Å². The number of rotatable bonds is 6. The van der Waals surface area contributed by atoms with E-state index in [2.05, 4.69) is 0 Å². The number of hydrazine groups is 1. The van der Waals surface area contributed by atoms with Crippen LogP contribution in [0.5, 0.6) is 5.75 Å². The maximum Gasteiger partial charge on any atom is 0.393 e. The molecule has 2 saturated heterocycles. The average Bonchev–Trinajstić information content (AvgIpc) is 3.59. The molecule has 0 aromatic heterocycles. The Balaban J connectivity index is 1.51. The molecule has 36 heavy (non-hydrogen) atoms. The molecular formula is C22H27ClF5N3O4S. The maximum atomic E-state index is 14.8. The molecule has 1 aliphatic carbocycles. The summed E-state index contributed by atoms with van der Waals surface area (Å²) in [6, 6.07) is 2.30. The van der Waals surface area contributed by atoms with E-state index in [1.807, 2.05) is 0 Å². The van der Waals surface area contributed by atoms with E-state index in [0.717, 1.165) is 30.2 Å². The second-order valence-electron chi connectivity index (χ2n) is 9.63. The lowest BCUT2D eigenvalue weighted by molar-refractivity contribution is -0.226. The predicted molar refractivity (Wildman–Crippen MR) is 121 cm³/mol. The van der Waals surface area contributed by atoms with E-state index in [1.54, 1.807) is 4.72 Å². The van der Waals surface area contributed by atoms with Crippen molar-refractivity contribution in [2.45, 2.75) is 62.0 Å². The molecule has 1 aromatic carbocycles. The summed E-state index contributed by atoms with van der Waals surface area (Å²) in [5.41, 5.74) is 0.117. The van der Waals surface area contributed by atoms with Gasteiger partial charge in [0, 0.05) is 19.2 Å². The van der Waals surface area contributed by atoms with Crippen LogP contribution in [0, 0.1) is 11.7 Å². The molecule has 0 radical (unpaired) electrons. The molecule has 1 saturated carbocycles. The fraction of sp³-hybridized carbons (Fsp3) is 0.682. The van der Waals surface area contributed by atoms with Crippen LogP contribution in [-0.2, 0) is 10.0 Å². The van der Waals surface area contributed by atoms with Crippen molar-refractivity contribution in [1.29, 1.82) is 0 Å². The molecule has 3 aliphatic rings. The SMILES string of the molecule is CS(=O)(=O)NC(=O)c1cc(C2CC2)c(O[C@@H]2CCCN(N3C[C@H](C(F)(F)F)C[C@@H](Cl)[C@H]3F)C2)cc1F. The Kier molecular flexibility index (Phi) is 7.76. The number of nitrogens with one attached hydrogen (secondary N) is 1. The van der Waals surface area contributed by atoms with Crippen LogP contribution in [0.15, 0.2) is 12.1 Å². The van der Waals surface area contributed by atoms with Gasteiger partial charge in [-0.3, -0.25) is 4.79 Å². The van der Waals surface area contributed by atoms with E-state index >= 15 is 0 Å². The zero-order valence-corrected chi connectivity index (χ0v) is 21.0. The molecule has 7 nitrogen and oxygen atoms in total. The van der Waals surface area contributed by atoms with Crippen molar-refractivity contribution >= 4 is 27.5 Å². The fourth-order valence-corrected chi connectivity index (χ4v) is 5.49. The van der Waals surface area contributed by atoms with Gasteiger partial charge < -0.3 is 4.74 Å². The number of carbonyl (C=O) groups is 1. The van der Waals surface area contributed by atoms with Crippen molar-refractivity contribution in [2.75, 3.05) is 25.9 Å². The first-order chi connectivity index (χ1) is 16.7. The van der Waals surface area contributed by atoms with E-state index in [9.17, 15) is 35.2 Å². The first-order valence-corrected chi connectivity index (χ1v) is 13.9. The van der Waals surface area contributed by atoms with Crippen LogP contribution in [0.1, 0.15) is 53.9 Å². The van der Waals surface area contributed by atoms with E-state index < -0.39 is 70.1 Å². The second-order valence-corrected chi connectivity index (χ2v) is 11.9. The molecule has 1 N–H and O–H groups in total. The topological polar surface area (TPSA) is 78.9 Å². The van der Waals surface area contributed by atoms with Crippen molar-refractivity contribution in [1.82, 2.24) is 14.7 Å². The van der Waals surface area contributed by atoms with Gasteiger partial charge in [-0.1, -0.05) is 0 Å². The Morgan fingerprint density at radius 3 is 2.50 bits per heavy atom. The minimum absolute atomic E-state index is 0.00643. The summed E-state index contributed by atoms with van der Waals surface area (Å²) in [4.78, 5) is 12.2. The summed E-state index contributed by atoms with van der Waals surface area (Å²) >= 11 is 5.92. The minimum Gasteiger partial charge on any atom is -0.489 e. The lowest BCUT2D eigenvalue weighted by Crippen LogP contribution is -2.60. The molecule has 0 bridgehead atoms. The third kappa shape index (κ3) is 6.40. The fourth-order valence-electron chi connectivity index (χ4n) is 4.69. The van der Waals surface area contributed by atoms with Crippen LogP contribution in [0.2, 0.25) is 0 Å². The highest BCUT2D eigenvalue weighted by Gasteiger charge is 2.49. The number of carbonyl (C=O) groups excluding carboxylic acids is 1. The number of nitrogens with zero attached hydrogens (tertiary/aromatic N) is 2. The normalized spacial score (nSPS) is 28.6. The molecule has 14 heteroatoms. The molecule has 202 valence electrons. The van der Waals surface area contributed by atoms with Gasteiger partial charge in [0.1, 0.15) is 17.7 Å². The average molecular weight is 560 g/mol. The second kappa shape index (κ2) is 10.2. The number of benzene rings is 1. The predicted octanol–water partition coefficient (Wildman–Crippen LogP) is 3.94. The smallest absolute Gasteiger partial charge is 0.393 e. The van der Waals surface area contributed by atoms with Gasteiger partial charge in [-0.05, 0) is 49.7 Å². The van der Waals surface area contributed by atoms with Crippen LogP contribution < -0.4 is 9.46 Å². The Hall–Kier alpha value is -1.70. The highest BCUT2D eigenvalue weighted by Crippen LogP contribution is 2.46. The Morgan fingerprint density at radius 1 is 1.19 bits per heavy atom. The number of hydrogen-bond donors (Lipinski definition) is 1. The number of ether oxygens (including phenoxy) is 1. The van der Waals surface area contributed by atoms with E-state index in [4.69, 9.17) is 16.3 Å². The molecule has 2 aliphatic heterocycles. The van der Waals surface area contributed by atoms with Crippen molar-refractivity contribution < 1.29 is 39.9 Å². The zero-order valence-electron chi connectivity index (χ0n) is 19.4. The lowest BCUT2D eigenvalue weighted by Gasteiger charge is -2.47. The summed E-state index contributed by atoms with van der Waals surface area (Å²) in [5, 5.41) is 1.19. The lowest BCUT2D eigenvalue weighted by atomic mass is 9.97. The third-order valence-corrected chi connectivity index (χ3v) is 7.56. The number of sulfonamides is 1. The Labute approximate surface area is 210 Å². The first kappa shape index (κ1) is 27.3. The monoisotopic (exact) mass is 559 g/mol. The van der Waals surface area contributed by atoms with E-state index in [1.165, 1.54) is 11.1 Å². The first-order valence-electron chi connectivity index (χ1n) is 11.6. The molecule has 3 fully saturated rings. The number of alkyl halides is 5. The van der Waals surface area contributed by atoms with Crippen molar-refractivity contribution in [3.05, 3.63) is 29.1 Å². The Morgan fingerprint density at radius 2 is 1.89 bits per heavy atom. The zero-order chi connectivity index (χ0) is 26.4. The highest BCUT2D eigenvalue weighted by atomic mass is 35.5. The summed E-state index contributed by atoms with van der Waals surface area (Å²) in [6.45, 7) is -0.147. The number of halogens is 6. The summed E-state index contributed by atoms with van der Waals surface area (Å²) in [7, 11) is -3.90. The third-order valence-electron chi connectivity index (χ3n) is 6.62. The van der Waals surface area contributed by atoms with Gasteiger partial charge >= 0.3 is 6.18 Å². The largest absolute Gasteiger partial charge is 0.489 e. The summed E-state index contributed by atoms with van der Waals surface area (Å²) in [5.74, 6) is -3.64. The molecule has 4 rings (SSSR count). The van der Waals surface area contributed by atoms with E-state index in [-0.39, 0.29) is 18.2 Å². The number of hydrogen-bond acceptors (Lipinski definition) is 6. The van der Waals surface area contributed by atoms with Crippen LogP contribution in [-0.4, -0.2) is 74.2 Å². The van der Waals surface area contributed by atoms with Crippen LogP contribution in [0.4, 0.5) is 22.0 Å². The van der Waals surface area contributed by atoms with Crippen molar-refractivity contribution in [3.8, 4) is 5.75 Å². The number of amides is 1. The Bertz CT molecular complexity index is 1100.